The van der Waals surface area contributed by atoms with E-state index in [-0.39, 0.29) is 18.2 Å². The second kappa shape index (κ2) is 9.52. The molecule has 0 aliphatic carbocycles. The third-order valence-corrected chi connectivity index (χ3v) is 5.18. The number of anilines is 2. The summed E-state index contributed by atoms with van der Waals surface area (Å²) in [6, 6.07) is 13.6. The van der Waals surface area contributed by atoms with Gasteiger partial charge in [0.15, 0.2) is 5.11 Å². The monoisotopic (exact) mass is 470 g/mol. The third kappa shape index (κ3) is 5.86. The van der Waals surface area contributed by atoms with Crippen LogP contribution in [0.25, 0.3) is 0 Å². The minimum atomic E-state index is -4.85. The lowest BCUT2D eigenvalue weighted by atomic mass is 10.2. The zero-order valence-electron chi connectivity index (χ0n) is 16.1. The Morgan fingerprint density at radius 1 is 0.968 bits per heavy atom. The van der Waals surface area contributed by atoms with Gasteiger partial charge in [-0.05, 0) is 48.6 Å². The Labute approximate surface area is 187 Å². The topological polar surface area (TPSA) is 64.7 Å². The van der Waals surface area contributed by atoms with Crippen LogP contribution >= 0.6 is 23.8 Å². The van der Waals surface area contributed by atoms with Gasteiger partial charge in [-0.3, -0.25) is 14.9 Å². The quantitative estimate of drug-likeness (QED) is 0.670. The van der Waals surface area contributed by atoms with E-state index in [9.17, 15) is 22.8 Å². The van der Waals surface area contributed by atoms with E-state index in [4.69, 9.17) is 23.8 Å². The average molecular weight is 471 g/mol. The van der Waals surface area contributed by atoms with E-state index in [2.05, 4.69) is 10.6 Å². The molecule has 2 amide bonds. The highest BCUT2D eigenvalue weighted by molar-refractivity contribution is 7.80. The number of thiocarbonyl (C=S) groups is 1. The van der Waals surface area contributed by atoms with Crippen molar-refractivity contribution in [3.63, 3.8) is 0 Å². The summed E-state index contributed by atoms with van der Waals surface area (Å²) in [7, 11) is 0. The number of benzene rings is 2. The Hall–Kier alpha value is -2.85. The van der Waals surface area contributed by atoms with Crippen LogP contribution in [0.5, 0.6) is 0 Å². The highest BCUT2D eigenvalue weighted by atomic mass is 35.5. The normalized spacial score (nSPS) is 14.2. The first-order valence-corrected chi connectivity index (χ1v) is 10.0. The maximum Gasteiger partial charge on any atom is 0.471 e. The number of carbonyl (C=O) groups excluding carboxylic acids is 2. The Morgan fingerprint density at radius 2 is 1.58 bits per heavy atom. The minimum absolute atomic E-state index is 0.00346. The largest absolute Gasteiger partial charge is 0.471 e. The molecule has 1 heterocycles. The zero-order chi connectivity index (χ0) is 22.6. The fourth-order valence-electron chi connectivity index (χ4n) is 3.08. The molecular formula is C20H18ClF3N4O2S. The van der Waals surface area contributed by atoms with Gasteiger partial charge in [0, 0.05) is 37.6 Å². The van der Waals surface area contributed by atoms with Crippen molar-refractivity contribution < 1.29 is 22.8 Å². The number of hydrogen-bond donors (Lipinski definition) is 2. The molecule has 0 aromatic heterocycles. The van der Waals surface area contributed by atoms with Gasteiger partial charge in [-0.15, -0.1) is 0 Å². The second-order valence-electron chi connectivity index (χ2n) is 6.71. The molecule has 0 unspecified atom stereocenters. The van der Waals surface area contributed by atoms with Crippen molar-refractivity contribution >= 4 is 52.1 Å². The minimum Gasteiger partial charge on any atom is -0.368 e. The zero-order valence-corrected chi connectivity index (χ0v) is 17.7. The SMILES string of the molecule is O=C(NC(=S)Nc1ccc(N2CCN(C(=O)C(F)(F)F)CC2)cc1)c1ccccc1Cl. The van der Waals surface area contributed by atoms with E-state index < -0.39 is 18.0 Å². The highest BCUT2D eigenvalue weighted by Gasteiger charge is 2.43. The van der Waals surface area contributed by atoms with E-state index in [1.807, 2.05) is 4.90 Å². The van der Waals surface area contributed by atoms with Crippen LogP contribution in [0.4, 0.5) is 24.5 Å². The molecule has 0 radical (unpaired) electrons. The molecule has 1 saturated heterocycles. The molecule has 1 aliphatic rings. The number of nitrogens with zero attached hydrogens (tertiary/aromatic N) is 2. The number of amides is 2. The van der Waals surface area contributed by atoms with Crippen LogP contribution in [0.15, 0.2) is 48.5 Å². The van der Waals surface area contributed by atoms with Crippen molar-refractivity contribution in [2.75, 3.05) is 36.4 Å². The number of hydrogen-bond acceptors (Lipinski definition) is 4. The number of rotatable bonds is 3. The molecule has 0 atom stereocenters. The highest BCUT2D eigenvalue weighted by Crippen LogP contribution is 2.23. The fraction of sp³-hybridized carbons (Fsp3) is 0.250. The molecule has 3 rings (SSSR count). The van der Waals surface area contributed by atoms with Gasteiger partial charge >= 0.3 is 12.1 Å². The number of halogens is 4. The van der Waals surface area contributed by atoms with E-state index in [0.29, 0.717) is 29.4 Å². The summed E-state index contributed by atoms with van der Waals surface area (Å²) in [6.45, 7) is 0.578. The number of piperazine rings is 1. The summed E-state index contributed by atoms with van der Waals surface area (Å²) in [5, 5.41) is 5.84. The first kappa shape index (κ1) is 22.8. The van der Waals surface area contributed by atoms with Crippen LogP contribution in [0.3, 0.4) is 0 Å². The standard InChI is InChI=1S/C20H18ClF3N4O2S/c21-16-4-2-1-3-15(16)17(29)26-19(31)25-13-5-7-14(8-6-13)27-9-11-28(12-10-27)18(30)20(22,23)24/h1-8H,9-12H2,(H2,25,26,29,31). The van der Waals surface area contributed by atoms with Crippen LogP contribution in [0.2, 0.25) is 5.02 Å². The van der Waals surface area contributed by atoms with Crippen LogP contribution in [0.1, 0.15) is 10.4 Å². The van der Waals surface area contributed by atoms with Gasteiger partial charge in [-0.1, -0.05) is 23.7 Å². The van der Waals surface area contributed by atoms with Gasteiger partial charge in [-0.2, -0.15) is 13.2 Å². The van der Waals surface area contributed by atoms with Crippen LogP contribution in [-0.4, -0.2) is 54.2 Å². The Balaban J connectivity index is 1.53. The molecule has 0 saturated carbocycles. The van der Waals surface area contributed by atoms with Crippen molar-refractivity contribution in [1.29, 1.82) is 0 Å². The molecule has 2 N–H and O–H groups in total. The van der Waals surface area contributed by atoms with E-state index in [0.717, 1.165) is 10.6 Å². The number of nitrogens with one attached hydrogen (secondary N) is 2. The van der Waals surface area contributed by atoms with E-state index in [1.165, 1.54) is 0 Å². The summed E-state index contributed by atoms with van der Waals surface area (Å²) in [5.41, 5.74) is 1.72. The summed E-state index contributed by atoms with van der Waals surface area (Å²) in [5.74, 6) is -2.25. The fourth-order valence-corrected chi connectivity index (χ4v) is 3.51. The van der Waals surface area contributed by atoms with Gasteiger partial charge in [0.2, 0.25) is 0 Å². The summed E-state index contributed by atoms with van der Waals surface area (Å²) < 4.78 is 37.6. The van der Waals surface area contributed by atoms with Crippen molar-refractivity contribution in [2.45, 2.75) is 6.18 Å². The summed E-state index contributed by atoms with van der Waals surface area (Å²) >= 11 is 11.2. The van der Waals surface area contributed by atoms with Gasteiger partial charge < -0.3 is 15.1 Å². The first-order chi connectivity index (χ1) is 14.6. The predicted octanol–water partition coefficient (Wildman–Crippen LogP) is 3.68. The molecule has 11 heteroatoms. The van der Waals surface area contributed by atoms with Crippen LogP contribution < -0.4 is 15.5 Å². The lowest BCUT2D eigenvalue weighted by Gasteiger charge is -2.36. The molecule has 2 aromatic rings. The van der Waals surface area contributed by atoms with Gasteiger partial charge in [0.05, 0.1) is 10.6 Å². The van der Waals surface area contributed by atoms with Crippen molar-refractivity contribution in [3.8, 4) is 0 Å². The molecular weight excluding hydrogens is 453 g/mol. The molecule has 0 bridgehead atoms. The Bertz CT molecular complexity index is 977. The lowest BCUT2D eigenvalue weighted by molar-refractivity contribution is -0.185. The first-order valence-electron chi connectivity index (χ1n) is 9.23. The molecule has 164 valence electrons. The molecule has 1 fully saturated rings. The van der Waals surface area contributed by atoms with Crippen molar-refractivity contribution in [3.05, 3.63) is 59.1 Å². The van der Waals surface area contributed by atoms with Crippen molar-refractivity contribution in [2.24, 2.45) is 0 Å². The van der Waals surface area contributed by atoms with Crippen LogP contribution in [0, 0.1) is 0 Å². The second-order valence-corrected chi connectivity index (χ2v) is 7.53. The maximum absolute atomic E-state index is 12.5. The lowest BCUT2D eigenvalue weighted by Crippen LogP contribution is -2.52. The smallest absolute Gasteiger partial charge is 0.368 e. The number of alkyl halides is 3. The molecule has 31 heavy (non-hydrogen) atoms. The Kier molecular flexibility index (Phi) is 7.01. The predicted molar refractivity (Wildman–Crippen MR) is 116 cm³/mol. The van der Waals surface area contributed by atoms with E-state index in [1.54, 1.807) is 48.5 Å². The average Bonchev–Trinajstić information content (AvgIpc) is 2.73. The maximum atomic E-state index is 12.5. The Morgan fingerprint density at radius 3 is 2.16 bits per heavy atom. The molecule has 0 spiro atoms. The van der Waals surface area contributed by atoms with E-state index >= 15 is 0 Å². The van der Waals surface area contributed by atoms with Gasteiger partial charge in [0.1, 0.15) is 0 Å². The van der Waals surface area contributed by atoms with Crippen LogP contribution in [-0.2, 0) is 4.79 Å². The molecule has 2 aromatic carbocycles. The van der Waals surface area contributed by atoms with Gasteiger partial charge in [0.25, 0.3) is 5.91 Å². The van der Waals surface area contributed by atoms with Crippen molar-refractivity contribution in [1.82, 2.24) is 10.2 Å². The molecule has 6 nitrogen and oxygen atoms in total. The molecule has 1 aliphatic heterocycles. The summed E-state index contributed by atoms with van der Waals surface area (Å²) in [6.07, 6.45) is -4.85. The third-order valence-electron chi connectivity index (χ3n) is 4.65. The summed E-state index contributed by atoms with van der Waals surface area (Å²) in [4.78, 5) is 26.3. The van der Waals surface area contributed by atoms with Gasteiger partial charge in [-0.25, -0.2) is 0 Å². The number of carbonyl (C=O) groups is 2.